The molecule has 0 radical (unpaired) electrons. The van der Waals surface area contributed by atoms with Crippen LogP contribution in [0.15, 0.2) is 46.9 Å². The standard InChI is InChI=1S/C27H28BrNO4/c1-5-17-32-25-16-11-20(18-26(25)31-4)23-9-7-8-10-24(23)27(6-2,33-29-19(3)30)21-12-14-22(28)15-13-21/h1-2,11-16,18,23-24H,7-10,17H2,3-4H3,(H,29,30). The fraction of sp³-hybridized carbons (Fsp3) is 0.370. The molecule has 0 aromatic heterocycles. The van der Waals surface area contributed by atoms with E-state index in [0.717, 1.165) is 41.3 Å². The highest BCUT2D eigenvalue weighted by Gasteiger charge is 2.47. The van der Waals surface area contributed by atoms with Crippen LogP contribution >= 0.6 is 15.9 Å². The highest BCUT2D eigenvalue weighted by Crippen LogP contribution is 2.50. The van der Waals surface area contributed by atoms with Gasteiger partial charge < -0.3 is 9.47 Å². The molecule has 2 aromatic carbocycles. The van der Waals surface area contributed by atoms with Crippen LogP contribution in [0.25, 0.3) is 0 Å². The SMILES string of the molecule is C#CCOc1ccc(C2CCCCC2C(C#C)(ONC(C)=O)c2ccc(Br)cc2)cc1OC. The van der Waals surface area contributed by atoms with Gasteiger partial charge in [-0.3, -0.25) is 4.79 Å². The second-order valence-corrected chi connectivity index (χ2v) is 8.96. The third kappa shape index (κ3) is 5.53. The molecule has 3 rings (SSSR count). The molecular weight excluding hydrogens is 482 g/mol. The summed E-state index contributed by atoms with van der Waals surface area (Å²) in [5, 5.41) is 0. The number of methoxy groups -OCH3 is 1. The number of benzene rings is 2. The van der Waals surface area contributed by atoms with E-state index in [1.54, 1.807) is 7.11 Å². The van der Waals surface area contributed by atoms with Crippen molar-refractivity contribution in [3.8, 4) is 36.2 Å². The lowest BCUT2D eigenvalue weighted by Gasteiger charge is -2.43. The molecule has 3 unspecified atom stereocenters. The maximum absolute atomic E-state index is 11.8. The van der Waals surface area contributed by atoms with Crippen molar-refractivity contribution in [3.05, 3.63) is 58.1 Å². The maximum atomic E-state index is 11.8. The summed E-state index contributed by atoms with van der Waals surface area (Å²) in [6, 6.07) is 13.6. The molecule has 1 amide bonds. The van der Waals surface area contributed by atoms with Gasteiger partial charge >= 0.3 is 0 Å². The Morgan fingerprint density at radius 3 is 2.52 bits per heavy atom. The molecule has 2 aromatic rings. The van der Waals surface area contributed by atoms with Crippen LogP contribution < -0.4 is 15.0 Å². The average molecular weight is 510 g/mol. The van der Waals surface area contributed by atoms with E-state index in [-0.39, 0.29) is 24.3 Å². The van der Waals surface area contributed by atoms with E-state index >= 15 is 0 Å². The number of rotatable bonds is 8. The molecule has 0 heterocycles. The lowest BCUT2D eigenvalue weighted by atomic mass is 9.65. The van der Waals surface area contributed by atoms with Crippen molar-refractivity contribution in [3.63, 3.8) is 0 Å². The van der Waals surface area contributed by atoms with Gasteiger partial charge in [-0.15, -0.1) is 12.8 Å². The quantitative estimate of drug-likeness (QED) is 0.385. The minimum Gasteiger partial charge on any atom is -0.493 e. The number of hydroxylamine groups is 1. The van der Waals surface area contributed by atoms with Crippen LogP contribution in [0, 0.1) is 30.6 Å². The molecule has 33 heavy (non-hydrogen) atoms. The number of nitrogens with one attached hydrogen (secondary N) is 1. The average Bonchev–Trinajstić information content (AvgIpc) is 2.84. The molecule has 1 aliphatic rings. The Morgan fingerprint density at radius 2 is 1.88 bits per heavy atom. The summed E-state index contributed by atoms with van der Waals surface area (Å²) in [5.74, 6) is 6.29. The first-order valence-corrected chi connectivity index (χ1v) is 11.7. The van der Waals surface area contributed by atoms with E-state index in [1.807, 2.05) is 42.5 Å². The van der Waals surface area contributed by atoms with Gasteiger partial charge in [0.1, 0.15) is 6.61 Å². The topological polar surface area (TPSA) is 56.8 Å². The monoisotopic (exact) mass is 509 g/mol. The van der Waals surface area contributed by atoms with Gasteiger partial charge in [0.05, 0.1) is 7.11 Å². The van der Waals surface area contributed by atoms with Crippen molar-refractivity contribution < 1.29 is 19.1 Å². The molecule has 0 saturated heterocycles. The van der Waals surface area contributed by atoms with Gasteiger partial charge in [-0.05, 0) is 54.2 Å². The minimum atomic E-state index is -1.14. The van der Waals surface area contributed by atoms with Crippen molar-refractivity contribution in [2.75, 3.05) is 13.7 Å². The number of carbonyl (C=O) groups is 1. The number of halogens is 1. The van der Waals surface area contributed by atoms with E-state index < -0.39 is 5.60 Å². The van der Waals surface area contributed by atoms with Gasteiger partial charge in [-0.2, -0.15) is 0 Å². The highest BCUT2D eigenvalue weighted by atomic mass is 79.9. The zero-order chi connectivity index (χ0) is 23.8. The summed E-state index contributed by atoms with van der Waals surface area (Å²) >= 11 is 3.48. The normalized spacial score (nSPS) is 19.4. The van der Waals surface area contributed by atoms with Crippen molar-refractivity contribution in [2.45, 2.75) is 44.1 Å². The first kappa shape index (κ1) is 24.7. The molecule has 5 nitrogen and oxygen atoms in total. The number of hydrogen-bond acceptors (Lipinski definition) is 4. The first-order chi connectivity index (χ1) is 15.9. The minimum absolute atomic E-state index is 0.0774. The lowest BCUT2D eigenvalue weighted by Crippen LogP contribution is -2.45. The van der Waals surface area contributed by atoms with E-state index in [9.17, 15) is 4.79 Å². The predicted octanol–water partition coefficient (Wildman–Crippen LogP) is 5.34. The number of terminal acetylenes is 2. The van der Waals surface area contributed by atoms with E-state index in [1.165, 1.54) is 6.92 Å². The second-order valence-electron chi connectivity index (χ2n) is 8.05. The summed E-state index contributed by atoms with van der Waals surface area (Å²) in [6.07, 6.45) is 15.4. The van der Waals surface area contributed by atoms with Crippen LogP contribution in [0.3, 0.4) is 0 Å². The molecule has 0 aliphatic heterocycles. The summed E-state index contributed by atoms with van der Waals surface area (Å²) in [5.41, 5.74) is 3.28. The number of carbonyl (C=O) groups excluding carboxylic acids is 1. The van der Waals surface area contributed by atoms with Crippen molar-refractivity contribution in [1.29, 1.82) is 0 Å². The molecular formula is C27H28BrNO4. The fourth-order valence-corrected chi connectivity index (χ4v) is 4.85. The van der Waals surface area contributed by atoms with Gasteiger partial charge in [-0.25, -0.2) is 10.3 Å². The van der Waals surface area contributed by atoms with Gasteiger partial charge in [0.2, 0.25) is 5.91 Å². The summed E-state index contributed by atoms with van der Waals surface area (Å²) in [4.78, 5) is 17.8. The Kier molecular flexibility index (Phi) is 8.44. The lowest BCUT2D eigenvalue weighted by molar-refractivity contribution is -0.155. The summed E-state index contributed by atoms with van der Waals surface area (Å²) in [6.45, 7) is 1.57. The van der Waals surface area contributed by atoms with Crippen LogP contribution in [0.1, 0.15) is 49.7 Å². The predicted molar refractivity (Wildman–Crippen MR) is 132 cm³/mol. The van der Waals surface area contributed by atoms with Gasteiger partial charge in [0, 0.05) is 17.3 Å². The summed E-state index contributed by atoms with van der Waals surface area (Å²) in [7, 11) is 1.60. The summed E-state index contributed by atoms with van der Waals surface area (Å²) < 4.78 is 12.1. The Bertz CT molecular complexity index is 1050. The molecule has 3 atom stereocenters. The fourth-order valence-electron chi connectivity index (χ4n) is 4.59. The Morgan fingerprint density at radius 1 is 1.15 bits per heavy atom. The Labute approximate surface area is 204 Å². The molecule has 6 heteroatoms. The molecule has 1 fully saturated rings. The zero-order valence-corrected chi connectivity index (χ0v) is 20.5. The van der Waals surface area contributed by atoms with Crippen LogP contribution in [0.4, 0.5) is 0 Å². The smallest absolute Gasteiger partial charge is 0.240 e. The van der Waals surface area contributed by atoms with E-state index in [4.69, 9.17) is 27.2 Å². The van der Waals surface area contributed by atoms with Crippen molar-refractivity contribution >= 4 is 21.8 Å². The number of hydrogen-bond donors (Lipinski definition) is 1. The van der Waals surface area contributed by atoms with Crippen molar-refractivity contribution in [1.82, 2.24) is 5.48 Å². The molecule has 0 spiro atoms. The number of amides is 1. The highest BCUT2D eigenvalue weighted by molar-refractivity contribution is 9.10. The molecule has 1 N–H and O–H groups in total. The third-order valence-corrected chi connectivity index (χ3v) is 6.59. The van der Waals surface area contributed by atoms with Crippen LogP contribution in [0.5, 0.6) is 11.5 Å². The zero-order valence-electron chi connectivity index (χ0n) is 18.9. The number of ether oxygens (including phenoxy) is 2. The van der Waals surface area contributed by atoms with Gasteiger partial charge in [0.25, 0.3) is 0 Å². The molecule has 1 saturated carbocycles. The van der Waals surface area contributed by atoms with Crippen molar-refractivity contribution in [2.24, 2.45) is 5.92 Å². The van der Waals surface area contributed by atoms with Crippen LogP contribution in [0.2, 0.25) is 0 Å². The molecule has 172 valence electrons. The van der Waals surface area contributed by atoms with Gasteiger partial charge in [0.15, 0.2) is 17.1 Å². The Hall–Kier alpha value is -2.93. The maximum Gasteiger partial charge on any atom is 0.240 e. The molecule has 0 bridgehead atoms. The second kappa shape index (κ2) is 11.3. The largest absolute Gasteiger partial charge is 0.493 e. The van der Waals surface area contributed by atoms with E-state index in [2.05, 4.69) is 33.3 Å². The van der Waals surface area contributed by atoms with E-state index in [0.29, 0.717) is 11.5 Å². The van der Waals surface area contributed by atoms with Crippen LogP contribution in [-0.4, -0.2) is 19.6 Å². The third-order valence-electron chi connectivity index (χ3n) is 6.06. The Balaban J connectivity index is 2.07. The van der Waals surface area contributed by atoms with Gasteiger partial charge in [-0.1, -0.05) is 58.8 Å². The molecule has 1 aliphatic carbocycles. The first-order valence-electron chi connectivity index (χ1n) is 10.9. The van der Waals surface area contributed by atoms with Crippen LogP contribution in [-0.2, 0) is 15.2 Å².